The van der Waals surface area contributed by atoms with Crippen molar-refractivity contribution in [1.29, 1.82) is 0 Å². The first-order valence-electron chi connectivity index (χ1n) is 16.3. The fourth-order valence-electron chi connectivity index (χ4n) is 5.16. The number of nitro benzene ring substituents is 1. The maximum atomic E-state index is 11.1. The number of hydrogen-bond donors (Lipinski definition) is 0. The minimum Gasteiger partial charge on any atom is -0.491 e. The van der Waals surface area contributed by atoms with E-state index in [0.29, 0.717) is 57.7 Å². The third kappa shape index (κ3) is 11.2. The van der Waals surface area contributed by atoms with Crippen molar-refractivity contribution in [3.05, 3.63) is 155 Å². The highest BCUT2D eigenvalue weighted by atomic mass is 35.5. The van der Waals surface area contributed by atoms with Crippen LogP contribution in [0.3, 0.4) is 0 Å². The van der Waals surface area contributed by atoms with Crippen LogP contribution in [0, 0.1) is 10.1 Å². The largest absolute Gasteiger partial charge is 0.491 e. The van der Waals surface area contributed by atoms with E-state index < -0.39 is 10.1 Å². The molecule has 3 heterocycles. The Balaban J connectivity index is 0.000000732. The number of pyridine rings is 2. The first-order valence-corrected chi connectivity index (χ1v) is 16.6. The molecule has 260 valence electrons. The summed E-state index contributed by atoms with van der Waals surface area (Å²) < 4.78 is 23.8. The Labute approximate surface area is 297 Å². The summed E-state index contributed by atoms with van der Waals surface area (Å²) >= 11 is 7.25. The zero-order valence-corrected chi connectivity index (χ0v) is 28.4. The zero-order valence-electron chi connectivity index (χ0n) is 27.6. The number of nitro groups is 1. The molecule has 0 N–H and O–H groups in total. The van der Waals surface area contributed by atoms with Gasteiger partial charge in [-0.25, -0.2) is 4.98 Å². The van der Waals surface area contributed by atoms with Crippen LogP contribution in [-0.4, -0.2) is 66.1 Å². The van der Waals surface area contributed by atoms with Gasteiger partial charge in [-0.1, -0.05) is 78.3 Å². The Morgan fingerprint density at radius 2 is 1.36 bits per heavy atom. The standard InChI is InChI=1S/C33H35ClN4O6.C5H5N/c34-33(44-22-20-42-25-28-9-5-2-6-10-28)26-36(29-11-13-30(14-12-29)38(39)40)17-18-37(33)32-23-31(15-16-35-32)43-21-19-41-24-27-7-3-1-4-8-27;1-2-4-6-5-3-1/h1-16,23H,17-22,24-26H2;1-5H. The van der Waals surface area contributed by atoms with Crippen LogP contribution in [0.4, 0.5) is 17.2 Å². The molecule has 0 spiro atoms. The fraction of sp³-hybridized carbons (Fsp3) is 0.263. The number of nitrogens with zero attached hydrogens (tertiary/aromatic N) is 5. The smallest absolute Gasteiger partial charge is 0.269 e. The van der Waals surface area contributed by atoms with Crippen LogP contribution < -0.4 is 14.5 Å². The van der Waals surface area contributed by atoms with Crippen LogP contribution in [-0.2, 0) is 27.4 Å². The number of halogens is 1. The number of non-ortho nitro benzene ring substituents is 1. The molecule has 6 rings (SSSR count). The van der Waals surface area contributed by atoms with Gasteiger partial charge in [0.15, 0.2) is 0 Å². The predicted molar refractivity (Wildman–Crippen MR) is 193 cm³/mol. The first-order chi connectivity index (χ1) is 24.5. The topological polar surface area (TPSA) is 112 Å². The summed E-state index contributed by atoms with van der Waals surface area (Å²) in [6.07, 6.45) is 5.18. The Morgan fingerprint density at radius 1 is 0.740 bits per heavy atom. The normalized spacial score (nSPS) is 15.5. The maximum absolute atomic E-state index is 11.1. The summed E-state index contributed by atoms with van der Waals surface area (Å²) in [5, 5.41) is 9.86. The van der Waals surface area contributed by atoms with Gasteiger partial charge in [0.2, 0.25) is 5.18 Å². The van der Waals surface area contributed by atoms with E-state index in [1.54, 1.807) is 36.8 Å². The molecule has 1 fully saturated rings. The van der Waals surface area contributed by atoms with E-state index in [1.165, 1.54) is 12.1 Å². The highest BCUT2D eigenvalue weighted by molar-refractivity contribution is 6.24. The molecule has 12 heteroatoms. The molecule has 0 radical (unpaired) electrons. The van der Waals surface area contributed by atoms with Crippen LogP contribution in [0.1, 0.15) is 11.1 Å². The lowest BCUT2D eigenvalue weighted by atomic mass is 10.2. The molecule has 1 saturated heterocycles. The molecule has 0 aliphatic carbocycles. The summed E-state index contributed by atoms with van der Waals surface area (Å²) in [6, 6.07) is 35.7. The lowest BCUT2D eigenvalue weighted by Gasteiger charge is -2.47. The van der Waals surface area contributed by atoms with Crippen LogP contribution in [0.15, 0.2) is 134 Å². The number of anilines is 2. The van der Waals surface area contributed by atoms with E-state index in [1.807, 2.05) is 94.7 Å². The summed E-state index contributed by atoms with van der Waals surface area (Å²) in [5.74, 6) is 1.25. The molecular formula is C38H40ClN5O6. The quantitative estimate of drug-likeness (QED) is 0.0369. The third-order valence-corrected chi connectivity index (χ3v) is 8.07. The van der Waals surface area contributed by atoms with Gasteiger partial charge in [-0.3, -0.25) is 15.1 Å². The predicted octanol–water partition coefficient (Wildman–Crippen LogP) is 7.12. The second kappa shape index (κ2) is 19.2. The maximum Gasteiger partial charge on any atom is 0.269 e. The Bertz CT molecular complexity index is 1680. The summed E-state index contributed by atoms with van der Waals surface area (Å²) in [4.78, 5) is 23.1. The molecule has 5 aromatic rings. The second-order valence-corrected chi connectivity index (χ2v) is 11.8. The Hall–Kier alpha value is -5.07. The highest BCUT2D eigenvalue weighted by Crippen LogP contribution is 2.35. The molecule has 1 aliphatic heterocycles. The van der Waals surface area contributed by atoms with Gasteiger partial charge in [-0.2, -0.15) is 0 Å². The van der Waals surface area contributed by atoms with Crippen LogP contribution >= 0.6 is 11.6 Å². The van der Waals surface area contributed by atoms with E-state index in [2.05, 4.69) is 9.97 Å². The molecule has 1 atom stereocenters. The molecule has 0 saturated carbocycles. The number of benzene rings is 3. The minimum atomic E-state index is -1.29. The SMILES string of the molecule is O=[N+]([O-])c1ccc(N2CCN(c3cc(OCCOCc4ccccc4)ccn3)C(Cl)(OCCOCc3ccccc3)C2)cc1.c1ccncc1. The zero-order chi connectivity index (χ0) is 34.9. The van der Waals surface area contributed by atoms with Crippen LogP contribution in [0.2, 0.25) is 0 Å². The molecule has 11 nitrogen and oxygen atoms in total. The molecule has 2 aromatic heterocycles. The summed E-state index contributed by atoms with van der Waals surface area (Å²) in [7, 11) is 0. The van der Waals surface area contributed by atoms with Crippen LogP contribution in [0.5, 0.6) is 5.75 Å². The molecule has 50 heavy (non-hydrogen) atoms. The number of alkyl halides is 1. The van der Waals surface area contributed by atoms with Crippen molar-refractivity contribution < 1.29 is 23.9 Å². The van der Waals surface area contributed by atoms with Crippen molar-refractivity contribution in [2.75, 3.05) is 55.9 Å². The van der Waals surface area contributed by atoms with Crippen molar-refractivity contribution in [2.24, 2.45) is 0 Å². The number of piperazine rings is 1. The van der Waals surface area contributed by atoms with Gasteiger partial charge in [0, 0.05) is 55.6 Å². The van der Waals surface area contributed by atoms with Crippen LogP contribution in [0.25, 0.3) is 0 Å². The molecule has 0 bridgehead atoms. The van der Waals surface area contributed by atoms with Gasteiger partial charge in [0.1, 0.15) is 18.2 Å². The van der Waals surface area contributed by atoms with Crippen molar-refractivity contribution in [3.63, 3.8) is 0 Å². The van der Waals surface area contributed by atoms with E-state index in [9.17, 15) is 10.1 Å². The van der Waals surface area contributed by atoms with E-state index in [4.69, 9.17) is 30.5 Å². The van der Waals surface area contributed by atoms with Gasteiger partial charge in [0.05, 0.1) is 44.5 Å². The Morgan fingerprint density at radius 3 is 1.94 bits per heavy atom. The summed E-state index contributed by atoms with van der Waals surface area (Å²) in [5.41, 5.74) is 3.02. The van der Waals surface area contributed by atoms with E-state index in [-0.39, 0.29) is 18.8 Å². The average Bonchev–Trinajstić information content (AvgIpc) is 3.16. The molecule has 0 amide bonds. The van der Waals surface area contributed by atoms with Crippen molar-refractivity contribution in [1.82, 2.24) is 9.97 Å². The lowest BCUT2D eigenvalue weighted by Crippen LogP contribution is -2.61. The number of ether oxygens (including phenoxy) is 4. The minimum absolute atomic E-state index is 0.0304. The molecular weight excluding hydrogens is 658 g/mol. The average molecular weight is 698 g/mol. The van der Waals surface area contributed by atoms with Crippen molar-refractivity contribution in [3.8, 4) is 5.75 Å². The Kier molecular flexibility index (Phi) is 13.9. The molecule has 3 aromatic carbocycles. The van der Waals surface area contributed by atoms with E-state index in [0.717, 1.165) is 16.8 Å². The van der Waals surface area contributed by atoms with Gasteiger partial charge in [-0.15, -0.1) is 0 Å². The lowest BCUT2D eigenvalue weighted by molar-refractivity contribution is -0.384. The number of rotatable bonds is 15. The van der Waals surface area contributed by atoms with Crippen molar-refractivity contribution in [2.45, 2.75) is 18.4 Å². The fourth-order valence-corrected chi connectivity index (χ4v) is 5.55. The highest BCUT2D eigenvalue weighted by Gasteiger charge is 2.42. The van der Waals surface area contributed by atoms with Gasteiger partial charge >= 0.3 is 0 Å². The van der Waals surface area contributed by atoms with Crippen molar-refractivity contribution >= 4 is 28.8 Å². The summed E-state index contributed by atoms with van der Waals surface area (Å²) in [6.45, 7) is 3.76. The van der Waals surface area contributed by atoms with Gasteiger partial charge in [0.25, 0.3) is 5.69 Å². The number of aromatic nitrogens is 2. The van der Waals surface area contributed by atoms with Gasteiger partial charge < -0.3 is 28.7 Å². The first kappa shape index (κ1) is 36.2. The molecule has 1 aliphatic rings. The molecule has 1 unspecified atom stereocenters. The second-order valence-electron chi connectivity index (χ2n) is 11.2. The third-order valence-electron chi connectivity index (χ3n) is 7.64. The monoisotopic (exact) mass is 697 g/mol. The van der Waals surface area contributed by atoms with E-state index >= 15 is 0 Å². The van der Waals surface area contributed by atoms with Gasteiger partial charge in [-0.05, 0) is 41.5 Å². The number of hydrogen-bond acceptors (Lipinski definition) is 10.